The lowest BCUT2D eigenvalue weighted by molar-refractivity contribution is 1.09. The Morgan fingerprint density at radius 3 is 2.75 bits per heavy atom. The largest absolute Gasteiger partial charge is 0.0821 e. The highest BCUT2D eigenvalue weighted by Gasteiger charge is 2.01. The summed E-state index contributed by atoms with van der Waals surface area (Å²) in [5.41, 5.74) is 0. The summed E-state index contributed by atoms with van der Waals surface area (Å²) in [6, 6.07) is 0. The summed E-state index contributed by atoms with van der Waals surface area (Å²) in [5.74, 6) is 0. The first-order chi connectivity index (χ1) is 3.79. The van der Waals surface area contributed by atoms with E-state index in [-0.39, 0.29) is 0 Å². The molecule has 1 atom stereocenters. The van der Waals surface area contributed by atoms with Crippen LogP contribution in [0.5, 0.6) is 0 Å². The lowest BCUT2D eigenvalue weighted by atomic mass is 10.2. The van der Waals surface area contributed by atoms with Gasteiger partial charge in [0.1, 0.15) is 0 Å². The van der Waals surface area contributed by atoms with Crippen LogP contribution < -0.4 is 0 Å². The van der Waals surface area contributed by atoms with Gasteiger partial charge in [-0.3, -0.25) is 0 Å². The maximum Gasteiger partial charge on any atom is 0.0337 e. The fraction of sp³-hybridized carbons (Fsp3) is 0.333. The first-order valence-electron chi connectivity index (χ1n) is 2.47. The topological polar surface area (TPSA) is 0 Å². The van der Waals surface area contributed by atoms with Crippen LogP contribution in [-0.2, 0) is 0 Å². The molecule has 0 saturated carbocycles. The van der Waals surface area contributed by atoms with E-state index in [4.69, 9.17) is 0 Å². The first-order valence-corrected chi connectivity index (χ1v) is 4.79. The van der Waals surface area contributed by atoms with Crippen molar-refractivity contribution in [2.24, 2.45) is 0 Å². The number of alkyl halides is 1. The van der Waals surface area contributed by atoms with Crippen LogP contribution in [0.1, 0.15) is 6.42 Å². The van der Waals surface area contributed by atoms with Crippen molar-refractivity contribution in [3.63, 3.8) is 0 Å². The summed E-state index contributed by atoms with van der Waals surface area (Å²) >= 11 is 4.78. The van der Waals surface area contributed by atoms with E-state index in [9.17, 15) is 0 Å². The van der Waals surface area contributed by atoms with Crippen LogP contribution in [0.4, 0.5) is 0 Å². The Balaban J connectivity index is 2.63. The van der Waals surface area contributed by atoms with Gasteiger partial charge in [-0.15, -0.1) is 0 Å². The molecule has 2 heteroatoms. The van der Waals surface area contributed by atoms with Crippen molar-refractivity contribution in [1.29, 1.82) is 0 Å². The second-order valence-corrected chi connectivity index (χ2v) is 4.55. The number of hydrogen-bond acceptors (Lipinski definition) is 0. The van der Waals surface area contributed by atoms with Crippen LogP contribution in [0.15, 0.2) is 21.8 Å². The fourth-order valence-electron chi connectivity index (χ4n) is 0.607. The molecule has 0 unspecified atom stereocenters. The molecule has 0 spiro atoms. The SMILES string of the molecule is IC1=C[C@H](I)CC=C1. The van der Waals surface area contributed by atoms with Crippen molar-refractivity contribution < 1.29 is 0 Å². The summed E-state index contributed by atoms with van der Waals surface area (Å²) in [6.07, 6.45) is 7.86. The minimum Gasteiger partial charge on any atom is -0.0821 e. The summed E-state index contributed by atoms with van der Waals surface area (Å²) in [5, 5.41) is 0. The zero-order chi connectivity index (χ0) is 5.98. The smallest absolute Gasteiger partial charge is 0.0337 e. The third kappa shape index (κ3) is 2.05. The van der Waals surface area contributed by atoms with Crippen molar-refractivity contribution in [3.05, 3.63) is 21.8 Å². The molecule has 0 fully saturated rings. The highest BCUT2D eigenvalue weighted by Crippen LogP contribution is 2.20. The van der Waals surface area contributed by atoms with Crippen LogP contribution in [0.2, 0.25) is 0 Å². The second-order valence-electron chi connectivity index (χ2n) is 1.71. The van der Waals surface area contributed by atoms with Gasteiger partial charge in [0.15, 0.2) is 0 Å². The minimum atomic E-state index is 0.726. The Kier molecular flexibility index (Phi) is 2.82. The fourth-order valence-corrected chi connectivity index (χ4v) is 2.66. The maximum atomic E-state index is 2.44. The quantitative estimate of drug-likeness (QED) is 0.473. The first kappa shape index (κ1) is 7.05. The predicted molar refractivity (Wildman–Crippen MR) is 53.7 cm³/mol. The Bertz CT molecular complexity index is 135. The highest BCUT2D eigenvalue weighted by molar-refractivity contribution is 14.1. The van der Waals surface area contributed by atoms with Gasteiger partial charge in [0.05, 0.1) is 0 Å². The van der Waals surface area contributed by atoms with Crippen molar-refractivity contribution in [1.82, 2.24) is 0 Å². The Hall–Kier alpha value is 0.940. The van der Waals surface area contributed by atoms with Crippen molar-refractivity contribution >= 4 is 45.2 Å². The molecule has 0 aliphatic heterocycles. The normalized spacial score (nSPS) is 27.8. The maximum absolute atomic E-state index is 2.44. The molecule has 1 rings (SSSR count). The third-order valence-electron chi connectivity index (χ3n) is 0.978. The molecule has 0 amide bonds. The van der Waals surface area contributed by atoms with Gasteiger partial charge < -0.3 is 0 Å². The number of hydrogen-bond donors (Lipinski definition) is 0. The lowest BCUT2D eigenvalue weighted by Crippen LogP contribution is -1.93. The van der Waals surface area contributed by atoms with Crippen molar-refractivity contribution in [2.45, 2.75) is 10.3 Å². The van der Waals surface area contributed by atoms with Gasteiger partial charge in [-0.2, -0.15) is 0 Å². The van der Waals surface area contributed by atoms with Crippen LogP contribution >= 0.6 is 45.2 Å². The van der Waals surface area contributed by atoms with Crippen LogP contribution in [-0.4, -0.2) is 3.92 Å². The van der Waals surface area contributed by atoms with Gasteiger partial charge in [-0.25, -0.2) is 0 Å². The van der Waals surface area contributed by atoms with E-state index in [1.165, 1.54) is 10.0 Å². The average molecular weight is 332 g/mol. The molecule has 8 heavy (non-hydrogen) atoms. The van der Waals surface area contributed by atoms with Crippen molar-refractivity contribution in [3.8, 4) is 0 Å². The van der Waals surface area contributed by atoms with E-state index < -0.39 is 0 Å². The monoisotopic (exact) mass is 332 g/mol. The van der Waals surface area contributed by atoms with Gasteiger partial charge in [0.2, 0.25) is 0 Å². The third-order valence-corrected chi connectivity index (χ3v) is 2.57. The zero-order valence-electron chi connectivity index (χ0n) is 4.27. The van der Waals surface area contributed by atoms with Gasteiger partial charge >= 0.3 is 0 Å². The molecule has 0 saturated heterocycles. The van der Waals surface area contributed by atoms with Gasteiger partial charge in [0, 0.05) is 7.50 Å². The number of halogens is 2. The predicted octanol–water partition coefficient (Wildman–Crippen LogP) is 3.07. The molecule has 0 radical (unpaired) electrons. The molecule has 0 N–H and O–H groups in total. The van der Waals surface area contributed by atoms with E-state index in [0.717, 1.165) is 3.92 Å². The molecule has 0 aromatic heterocycles. The minimum absolute atomic E-state index is 0.726. The van der Waals surface area contributed by atoms with E-state index in [2.05, 4.69) is 63.4 Å². The Morgan fingerprint density at radius 2 is 2.38 bits per heavy atom. The van der Waals surface area contributed by atoms with E-state index in [0.29, 0.717) is 0 Å². The number of allylic oxidation sites excluding steroid dienone is 4. The Morgan fingerprint density at radius 1 is 1.62 bits per heavy atom. The molecule has 44 valence electrons. The zero-order valence-corrected chi connectivity index (χ0v) is 8.59. The van der Waals surface area contributed by atoms with Crippen LogP contribution in [0.3, 0.4) is 0 Å². The van der Waals surface area contributed by atoms with E-state index >= 15 is 0 Å². The van der Waals surface area contributed by atoms with Crippen LogP contribution in [0, 0.1) is 0 Å². The molecule has 0 bridgehead atoms. The summed E-state index contributed by atoms with van der Waals surface area (Å²) in [7, 11) is 0. The molecule has 0 heterocycles. The van der Waals surface area contributed by atoms with Crippen molar-refractivity contribution in [2.75, 3.05) is 0 Å². The van der Waals surface area contributed by atoms with Gasteiger partial charge in [-0.1, -0.05) is 40.8 Å². The molecule has 1 aliphatic rings. The summed E-state index contributed by atoms with van der Waals surface area (Å²) in [6.45, 7) is 0. The standard InChI is InChI=1S/C6H6I2/c7-5-2-1-3-6(8)4-5/h1-2,4,6H,3H2/t6-/m1/s1. The molecule has 0 nitrogen and oxygen atoms in total. The molecule has 1 aliphatic carbocycles. The van der Waals surface area contributed by atoms with Crippen LogP contribution in [0.25, 0.3) is 0 Å². The van der Waals surface area contributed by atoms with Gasteiger partial charge in [0.25, 0.3) is 0 Å². The van der Waals surface area contributed by atoms with Gasteiger partial charge in [-0.05, 0) is 29.0 Å². The van der Waals surface area contributed by atoms with E-state index in [1.54, 1.807) is 0 Å². The molecule has 0 aromatic rings. The Labute approximate surface area is 76.7 Å². The lowest BCUT2D eigenvalue weighted by Gasteiger charge is -2.04. The second kappa shape index (κ2) is 3.20. The molecular formula is C6H6I2. The number of rotatable bonds is 0. The average Bonchev–Trinajstić information content (AvgIpc) is 1.64. The summed E-state index contributed by atoms with van der Waals surface area (Å²) in [4.78, 5) is 0. The highest BCUT2D eigenvalue weighted by atomic mass is 127. The summed E-state index contributed by atoms with van der Waals surface area (Å²) < 4.78 is 2.10. The van der Waals surface area contributed by atoms with E-state index in [1.807, 2.05) is 0 Å². The molecular weight excluding hydrogens is 326 g/mol. The molecule has 0 aromatic carbocycles.